The Balaban J connectivity index is 2.16. The van der Waals surface area contributed by atoms with E-state index in [2.05, 4.69) is 15.6 Å². The molecule has 1 rings (SSSR count). The minimum atomic E-state index is 0.637. The molecule has 1 aromatic carbocycles. The van der Waals surface area contributed by atoms with Crippen molar-refractivity contribution in [1.29, 1.82) is 0 Å². The maximum absolute atomic E-state index is 5.40. The summed E-state index contributed by atoms with van der Waals surface area (Å²) in [5.41, 5.74) is 1.17. The van der Waals surface area contributed by atoms with Gasteiger partial charge in [-0.05, 0) is 24.1 Å². The number of nitrogens with zero attached hydrogens (tertiary/aromatic N) is 1. The highest BCUT2D eigenvalue weighted by molar-refractivity contribution is 5.79. The van der Waals surface area contributed by atoms with Crippen molar-refractivity contribution in [2.75, 3.05) is 47.6 Å². The molecule has 6 heteroatoms. The zero-order valence-corrected chi connectivity index (χ0v) is 13.7. The van der Waals surface area contributed by atoms with Crippen molar-refractivity contribution in [2.24, 2.45) is 4.99 Å². The average Bonchev–Trinajstić information content (AvgIpc) is 2.57. The standard InChI is InChI=1S/C16H27N3O3/c1-17-16(18-9-4-10-22-12-11-20-2)19-13-14-5-7-15(21-3)8-6-14/h5-8H,4,9-13H2,1-3H3,(H2,17,18,19). The van der Waals surface area contributed by atoms with Gasteiger partial charge in [0, 0.05) is 33.9 Å². The van der Waals surface area contributed by atoms with Crippen molar-refractivity contribution in [3.05, 3.63) is 29.8 Å². The van der Waals surface area contributed by atoms with E-state index in [1.54, 1.807) is 21.3 Å². The fourth-order valence-corrected chi connectivity index (χ4v) is 1.78. The molecule has 2 N–H and O–H groups in total. The molecule has 1 aromatic rings. The van der Waals surface area contributed by atoms with Crippen LogP contribution in [0.25, 0.3) is 0 Å². The third-order valence-electron chi connectivity index (χ3n) is 3.03. The van der Waals surface area contributed by atoms with E-state index >= 15 is 0 Å². The van der Waals surface area contributed by atoms with Crippen LogP contribution in [-0.2, 0) is 16.0 Å². The molecular formula is C16H27N3O3. The Hall–Kier alpha value is -1.79. The molecule has 0 saturated carbocycles. The van der Waals surface area contributed by atoms with Gasteiger partial charge in [-0.2, -0.15) is 0 Å². The van der Waals surface area contributed by atoms with Crippen molar-refractivity contribution in [2.45, 2.75) is 13.0 Å². The Morgan fingerprint density at radius 2 is 1.82 bits per heavy atom. The van der Waals surface area contributed by atoms with Gasteiger partial charge in [-0.1, -0.05) is 12.1 Å². The van der Waals surface area contributed by atoms with Gasteiger partial charge in [0.15, 0.2) is 5.96 Å². The Kier molecular flexibility index (Phi) is 9.81. The van der Waals surface area contributed by atoms with E-state index < -0.39 is 0 Å². The predicted octanol–water partition coefficient (Wildman–Crippen LogP) is 1.41. The molecule has 0 spiro atoms. The molecule has 0 aliphatic rings. The SMILES string of the molecule is CN=C(NCCCOCCOC)NCc1ccc(OC)cc1. The van der Waals surface area contributed by atoms with Crippen LogP contribution in [0.4, 0.5) is 0 Å². The second-order valence-electron chi connectivity index (χ2n) is 4.66. The van der Waals surface area contributed by atoms with Gasteiger partial charge in [0.25, 0.3) is 0 Å². The van der Waals surface area contributed by atoms with Gasteiger partial charge in [0.2, 0.25) is 0 Å². The first kappa shape index (κ1) is 18.3. The molecule has 0 aliphatic heterocycles. The van der Waals surface area contributed by atoms with E-state index in [4.69, 9.17) is 14.2 Å². The summed E-state index contributed by atoms with van der Waals surface area (Å²) < 4.78 is 15.5. The summed E-state index contributed by atoms with van der Waals surface area (Å²) in [6, 6.07) is 7.96. The normalized spacial score (nSPS) is 11.3. The van der Waals surface area contributed by atoms with Crippen molar-refractivity contribution in [3.63, 3.8) is 0 Å². The number of guanidine groups is 1. The highest BCUT2D eigenvalue weighted by Crippen LogP contribution is 2.10. The van der Waals surface area contributed by atoms with Gasteiger partial charge >= 0.3 is 0 Å². The van der Waals surface area contributed by atoms with Crippen molar-refractivity contribution < 1.29 is 14.2 Å². The lowest BCUT2D eigenvalue weighted by Crippen LogP contribution is -2.37. The lowest BCUT2D eigenvalue weighted by molar-refractivity contribution is 0.0698. The largest absolute Gasteiger partial charge is 0.497 e. The molecular weight excluding hydrogens is 282 g/mol. The number of rotatable bonds is 10. The van der Waals surface area contributed by atoms with Gasteiger partial charge in [-0.25, -0.2) is 0 Å². The fraction of sp³-hybridized carbons (Fsp3) is 0.562. The Morgan fingerprint density at radius 3 is 2.45 bits per heavy atom. The highest BCUT2D eigenvalue weighted by atomic mass is 16.5. The third-order valence-corrected chi connectivity index (χ3v) is 3.03. The second-order valence-corrected chi connectivity index (χ2v) is 4.66. The van der Waals surface area contributed by atoms with E-state index in [1.165, 1.54) is 5.56 Å². The number of hydrogen-bond donors (Lipinski definition) is 2. The minimum absolute atomic E-state index is 0.637. The molecule has 0 heterocycles. The molecule has 0 bridgehead atoms. The highest BCUT2D eigenvalue weighted by Gasteiger charge is 1.99. The van der Waals surface area contributed by atoms with E-state index in [1.807, 2.05) is 24.3 Å². The first-order valence-electron chi connectivity index (χ1n) is 7.44. The van der Waals surface area contributed by atoms with Crippen LogP contribution in [0.15, 0.2) is 29.3 Å². The second kappa shape index (κ2) is 11.8. The Morgan fingerprint density at radius 1 is 1.05 bits per heavy atom. The van der Waals surface area contributed by atoms with E-state index in [0.29, 0.717) is 26.4 Å². The molecule has 6 nitrogen and oxygen atoms in total. The summed E-state index contributed by atoms with van der Waals surface area (Å²) >= 11 is 0. The predicted molar refractivity (Wildman–Crippen MR) is 88.5 cm³/mol. The van der Waals surface area contributed by atoms with Crippen molar-refractivity contribution >= 4 is 5.96 Å². The summed E-state index contributed by atoms with van der Waals surface area (Å²) in [4.78, 5) is 4.19. The van der Waals surface area contributed by atoms with Crippen LogP contribution < -0.4 is 15.4 Å². The van der Waals surface area contributed by atoms with Crippen LogP contribution in [0, 0.1) is 0 Å². The van der Waals surface area contributed by atoms with Crippen LogP contribution in [0.3, 0.4) is 0 Å². The summed E-state index contributed by atoms with van der Waals surface area (Å²) in [6.45, 7) is 3.52. The van der Waals surface area contributed by atoms with Crippen molar-refractivity contribution in [3.8, 4) is 5.75 Å². The molecule has 0 fully saturated rings. The fourth-order valence-electron chi connectivity index (χ4n) is 1.78. The van der Waals surface area contributed by atoms with Gasteiger partial charge in [-0.3, -0.25) is 4.99 Å². The number of hydrogen-bond acceptors (Lipinski definition) is 4. The van der Waals surface area contributed by atoms with Gasteiger partial charge in [-0.15, -0.1) is 0 Å². The maximum Gasteiger partial charge on any atom is 0.191 e. The first-order chi connectivity index (χ1) is 10.8. The number of methoxy groups -OCH3 is 2. The first-order valence-corrected chi connectivity index (χ1v) is 7.44. The summed E-state index contributed by atoms with van der Waals surface area (Å²) in [7, 11) is 5.10. The number of benzene rings is 1. The van der Waals surface area contributed by atoms with E-state index in [0.717, 1.165) is 24.7 Å². The monoisotopic (exact) mass is 309 g/mol. The summed E-state index contributed by atoms with van der Waals surface area (Å²) in [5.74, 6) is 1.65. The number of nitrogens with one attached hydrogen (secondary N) is 2. The molecule has 0 aliphatic carbocycles. The number of ether oxygens (including phenoxy) is 3. The zero-order chi connectivity index (χ0) is 16.0. The lowest BCUT2D eigenvalue weighted by Gasteiger charge is -2.12. The number of aliphatic imine (C=N–C) groups is 1. The van der Waals surface area contributed by atoms with Gasteiger partial charge in [0.05, 0.1) is 20.3 Å². The smallest absolute Gasteiger partial charge is 0.191 e. The maximum atomic E-state index is 5.40. The van der Waals surface area contributed by atoms with Gasteiger partial charge < -0.3 is 24.8 Å². The topological polar surface area (TPSA) is 64.1 Å². The molecule has 22 heavy (non-hydrogen) atoms. The Labute approximate surface area is 132 Å². The zero-order valence-electron chi connectivity index (χ0n) is 13.7. The lowest BCUT2D eigenvalue weighted by atomic mass is 10.2. The molecule has 124 valence electrons. The van der Waals surface area contributed by atoms with Crippen LogP contribution in [-0.4, -0.2) is 53.6 Å². The van der Waals surface area contributed by atoms with E-state index in [9.17, 15) is 0 Å². The molecule has 0 saturated heterocycles. The van der Waals surface area contributed by atoms with Crippen LogP contribution in [0.1, 0.15) is 12.0 Å². The van der Waals surface area contributed by atoms with Crippen LogP contribution >= 0.6 is 0 Å². The molecule has 0 atom stereocenters. The summed E-state index contributed by atoms with van der Waals surface area (Å²) in [6.07, 6.45) is 0.924. The quantitative estimate of drug-likeness (QED) is 0.389. The molecule has 0 amide bonds. The van der Waals surface area contributed by atoms with E-state index in [-0.39, 0.29) is 0 Å². The van der Waals surface area contributed by atoms with Gasteiger partial charge in [0.1, 0.15) is 5.75 Å². The average molecular weight is 309 g/mol. The Bertz CT molecular complexity index is 421. The summed E-state index contributed by atoms with van der Waals surface area (Å²) in [5, 5.41) is 6.53. The van der Waals surface area contributed by atoms with Crippen molar-refractivity contribution in [1.82, 2.24) is 10.6 Å². The van der Waals surface area contributed by atoms with Crippen LogP contribution in [0.2, 0.25) is 0 Å². The molecule has 0 aromatic heterocycles. The third kappa shape index (κ3) is 7.85. The molecule has 0 unspecified atom stereocenters. The van der Waals surface area contributed by atoms with Crippen LogP contribution in [0.5, 0.6) is 5.75 Å². The molecule has 0 radical (unpaired) electrons. The minimum Gasteiger partial charge on any atom is -0.497 e.